The molecule has 1 amide bonds. The molecule has 0 atom stereocenters. The van der Waals surface area contributed by atoms with Gasteiger partial charge in [0.25, 0.3) is 5.91 Å². The average Bonchev–Trinajstić information content (AvgIpc) is 3.25. The third-order valence-corrected chi connectivity index (χ3v) is 6.87. The Morgan fingerprint density at radius 2 is 1.85 bits per heavy atom. The zero-order chi connectivity index (χ0) is 23.4. The molecule has 34 heavy (non-hydrogen) atoms. The number of ether oxygens (including phenoxy) is 2. The van der Waals surface area contributed by atoms with Crippen molar-refractivity contribution >= 4 is 62.6 Å². The van der Waals surface area contributed by atoms with Gasteiger partial charge >= 0.3 is 5.97 Å². The summed E-state index contributed by atoms with van der Waals surface area (Å²) in [5, 5.41) is 1.29. The Balaban J connectivity index is 0.00000324. The Bertz CT molecular complexity index is 1150. The van der Waals surface area contributed by atoms with Gasteiger partial charge in [0.15, 0.2) is 5.13 Å². The molecule has 0 spiro atoms. The van der Waals surface area contributed by atoms with Gasteiger partial charge < -0.3 is 9.47 Å². The van der Waals surface area contributed by atoms with Crippen molar-refractivity contribution in [1.82, 2.24) is 9.88 Å². The van der Waals surface area contributed by atoms with Gasteiger partial charge in [-0.1, -0.05) is 22.9 Å². The second kappa shape index (κ2) is 12.0. The predicted molar refractivity (Wildman–Crippen MR) is 138 cm³/mol. The minimum Gasteiger partial charge on any atom is -0.465 e. The molecular formula is C24H27Cl2N3O4S. The number of halogens is 2. The summed E-state index contributed by atoms with van der Waals surface area (Å²) >= 11 is 7.69. The van der Waals surface area contributed by atoms with Crippen LogP contribution in [0.1, 0.15) is 32.7 Å². The summed E-state index contributed by atoms with van der Waals surface area (Å²) in [7, 11) is 1.33. The highest BCUT2D eigenvalue weighted by atomic mass is 35.5. The highest BCUT2D eigenvalue weighted by Gasteiger charge is 2.23. The van der Waals surface area contributed by atoms with Gasteiger partial charge in [-0.3, -0.25) is 14.6 Å². The molecule has 0 N–H and O–H groups in total. The number of carbonyl (C=O) groups is 2. The van der Waals surface area contributed by atoms with Crippen molar-refractivity contribution in [1.29, 1.82) is 0 Å². The van der Waals surface area contributed by atoms with Crippen LogP contribution in [0.4, 0.5) is 5.13 Å². The highest BCUT2D eigenvalue weighted by molar-refractivity contribution is 7.22. The first-order valence-electron chi connectivity index (χ1n) is 10.8. The average molecular weight is 524 g/mol. The zero-order valence-corrected chi connectivity index (χ0v) is 21.5. The number of aromatic nitrogens is 1. The van der Waals surface area contributed by atoms with Gasteiger partial charge in [0, 0.05) is 36.8 Å². The summed E-state index contributed by atoms with van der Waals surface area (Å²) in [6, 6.07) is 10.3. The quantitative estimate of drug-likeness (QED) is 0.412. The number of nitrogens with zero attached hydrogens (tertiary/aromatic N) is 3. The number of anilines is 1. The van der Waals surface area contributed by atoms with Crippen LogP contribution in [-0.2, 0) is 9.47 Å². The number of amides is 1. The van der Waals surface area contributed by atoms with Gasteiger partial charge in [-0.15, -0.1) is 12.4 Å². The molecule has 0 saturated carbocycles. The van der Waals surface area contributed by atoms with E-state index < -0.39 is 5.97 Å². The topological polar surface area (TPSA) is 72.0 Å². The summed E-state index contributed by atoms with van der Waals surface area (Å²) in [4.78, 5) is 34.1. The molecule has 2 aromatic carbocycles. The summed E-state index contributed by atoms with van der Waals surface area (Å²) in [5.74, 6) is -0.592. The van der Waals surface area contributed by atoms with E-state index in [1.165, 1.54) is 18.4 Å². The molecule has 0 bridgehead atoms. The molecule has 182 valence electrons. The first-order chi connectivity index (χ1) is 16.0. The summed E-state index contributed by atoms with van der Waals surface area (Å²) in [6.45, 7) is 6.67. The fourth-order valence-electron chi connectivity index (χ4n) is 3.84. The number of rotatable bonds is 7. The Labute approximate surface area is 214 Å². The first kappa shape index (κ1) is 26.4. The SMILES string of the molecule is COC(=O)c1ccc(C(=O)N(CCCN2CCOCC2)c2nc3c(C)cc(Cl)cc3s2)cc1.Cl. The minimum atomic E-state index is -0.435. The molecule has 1 saturated heterocycles. The third-order valence-electron chi connectivity index (χ3n) is 5.63. The van der Waals surface area contributed by atoms with Crippen LogP contribution >= 0.6 is 35.3 Å². The van der Waals surface area contributed by atoms with Crippen molar-refractivity contribution in [3.63, 3.8) is 0 Å². The van der Waals surface area contributed by atoms with E-state index in [9.17, 15) is 9.59 Å². The summed E-state index contributed by atoms with van der Waals surface area (Å²) in [5.41, 5.74) is 2.72. The van der Waals surface area contributed by atoms with E-state index in [1.807, 2.05) is 19.1 Å². The smallest absolute Gasteiger partial charge is 0.337 e. The Morgan fingerprint density at radius 3 is 2.53 bits per heavy atom. The monoisotopic (exact) mass is 523 g/mol. The predicted octanol–water partition coefficient (Wildman–Crippen LogP) is 4.84. The molecule has 1 fully saturated rings. The van der Waals surface area contributed by atoms with Crippen molar-refractivity contribution in [3.8, 4) is 0 Å². The van der Waals surface area contributed by atoms with Crippen molar-refractivity contribution in [2.45, 2.75) is 13.3 Å². The van der Waals surface area contributed by atoms with Gasteiger partial charge in [0.1, 0.15) is 0 Å². The standard InChI is InChI=1S/C24H26ClN3O4S.ClH/c1-16-14-19(25)15-20-21(16)26-24(33-20)28(9-3-8-27-10-12-32-13-11-27)22(29)17-4-6-18(7-5-17)23(30)31-2;/h4-7,14-15H,3,8-13H2,1-2H3;1H. The largest absolute Gasteiger partial charge is 0.465 e. The summed E-state index contributed by atoms with van der Waals surface area (Å²) < 4.78 is 11.1. The van der Waals surface area contributed by atoms with E-state index in [-0.39, 0.29) is 18.3 Å². The number of thiazole rings is 1. The maximum absolute atomic E-state index is 13.5. The molecule has 1 aliphatic heterocycles. The molecule has 1 aliphatic rings. The zero-order valence-electron chi connectivity index (χ0n) is 19.1. The van der Waals surface area contributed by atoms with Gasteiger partial charge in [0.2, 0.25) is 0 Å². The lowest BCUT2D eigenvalue weighted by atomic mass is 10.1. The molecular weight excluding hydrogens is 497 g/mol. The molecule has 0 unspecified atom stereocenters. The molecule has 4 rings (SSSR count). The van der Waals surface area contributed by atoms with Crippen molar-refractivity contribution in [2.75, 3.05) is 51.4 Å². The number of hydrogen-bond acceptors (Lipinski definition) is 7. The normalized spacial score (nSPS) is 14.0. The number of esters is 1. The van der Waals surface area contributed by atoms with Crippen LogP contribution in [0.5, 0.6) is 0 Å². The number of fused-ring (bicyclic) bond motifs is 1. The van der Waals surface area contributed by atoms with Gasteiger partial charge in [-0.25, -0.2) is 9.78 Å². The van der Waals surface area contributed by atoms with Crippen molar-refractivity contribution in [3.05, 3.63) is 58.1 Å². The molecule has 7 nitrogen and oxygen atoms in total. The van der Waals surface area contributed by atoms with Crippen LogP contribution in [0, 0.1) is 6.92 Å². The molecule has 1 aromatic heterocycles. The first-order valence-corrected chi connectivity index (χ1v) is 12.0. The third kappa shape index (κ3) is 6.06. The van der Waals surface area contributed by atoms with Crippen LogP contribution in [0.2, 0.25) is 5.02 Å². The van der Waals surface area contributed by atoms with Gasteiger partial charge in [-0.2, -0.15) is 0 Å². The molecule has 0 radical (unpaired) electrons. The van der Waals surface area contributed by atoms with E-state index in [2.05, 4.69) is 4.90 Å². The summed E-state index contributed by atoms with van der Waals surface area (Å²) in [6.07, 6.45) is 0.807. The lowest BCUT2D eigenvalue weighted by Gasteiger charge is -2.27. The van der Waals surface area contributed by atoms with Crippen LogP contribution < -0.4 is 4.90 Å². The lowest BCUT2D eigenvalue weighted by molar-refractivity contribution is 0.0376. The maximum Gasteiger partial charge on any atom is 0.337 e. The van der Waals surface area contributed by atoms with E-state index in [4.69, 9.17) is 26.1 Å². The van der Waals surface area contributed by atoms with Crippen LogP contribution in [0.25, 0.3) is 10.2 Å². The molecule has 10 heteroatoms. The maximum atomic E-state index is 13.5. The molecule has 2 heterocycles. The Hall–Kier alpha value is -2.23. The van der Waals surface area contributed by atoms with E-state index >= 15 is 0 Å². The number of morpholine rings is 1. The number of methoxy groups -OCH3 is 1. The number of carbonyl (C=O) groups excluding carboxylic acids is 2. The van der Waals surface area contributed by atoms with Gasteiger partial charge in [-0.05, 0) is 55.3 Å². The second-order valence-corrected chi connectivity index (χ2v) is 9.34. The van der Waals surface area contributed by atoms with E-state index in [0.717, 1.165) is 55.0 Å². The minimum absolute atomic E-state index is 0. The van der Waals surface area contributed by atoms with Gasteiger partial charge in [0.05, 0.1) is 36.1 Å². The van der Waals surface area contributed by atoms with Crippen molar-refractivity contribution in [2.24, 2.45) is 0 Å². The fraction of sp³-hybridized carbons (Fsp3) is 0.375. The van der Waals surface area contributed by atoms with Crippen LogP contribution in [-0.4, -0.2) is 68.3 Å². The van der Waals surface area contributed by atoms with E-state index in [1.54, 1.807) is 29.2 Å². The molecule has 3 aromatic rings. The fourth-order valence-corrected chi connectivity index (χ4v) is 5.29. The number of benzene rings is 2. The van der Waals surface area contributed by atoms with Crippen molar-refractivity contribution < 1.29 is 19.1 Å². The van der Waals surface area contributed by atoms with Crippen LogP contribution in [0.15, 0.2) is 36.4 Å². The Morgan fingerprint density at radius 1 is 1.18 bits per heavy atom. The second-order valence-electron chi connectivity index (χ2n) is 7.90. The highest BCUT2D eigenvalue weighted by Crippen LogP contribution is 2.33. The Kier molecular flexibility index (Phi) is 9.27. The van der Waals surface area contributed by atoms with Crippen LogP contribution in [0.3, 0.4) is 0 Å². The molecule has 0 aliphatic carbocycles. The lowest BCUT2D eigenvalue weighted by Crippen LogP contribution is -2.39. The number of aryl methyl sites for hydroxylation is 1. The number of hydrogen-bond donors (Lipinski definition) is 0. The van der Waals surface area contributed by atoms with E-state index in [0.29, 0.717) is 27.8 Å².